The van der Waals surface area contributed by atoms with Gasteiger partial charge in [0, 0.05) is 11.4 Å². The standard InChI is InChI=1S/C22H22N4O3S/c1-14-7-6-8-15(2)20(14)25-18(27)13-23-21(28)17-11-12-19(30-17)26-22(29)24-16-9-4-3-5-10-16/h3-12H,13H2,1-2H3,(H,23,28)(H,25,27)(H2,24,26,29). The minimum atomic E-state index is -0.400. The molecule has 4 amide bonds. The van der Waals surface area contributed by atoms with Crippen LogP contribution in [0.25, 0.3) is 0 Å². The molecule has 0 aliphatic carbocycles. The molecule has 0 aliphatic heterocycles. The number of amides is 4. The van der Waals surface area contributed by atoms with E-state index in [1.807, 2.05) is 50.2 Å². The number of hydrogen-bond acceptors (Lipinski definition) is 4. The van der Waals surface area contributed by atoms with Crippen LogP contribution in [0.2, 0.25) is 0 Å². The summed E-state index contributed by atoms with van der Waals surface area (Å²) < 4.78 is 0. The molecular weight excluding hydrogens is 400 g/mol. The lowest BCUT2D eigenvalue weighted by Crippen LogP contribution is -2.32. The van der Waals surface area contributed by atoms with Crippen LogP contribution in [-0.2, 0) is 4.79 Å². The molecule has 2 aromatic carbocycles. The lowest BCUT2D eigenvalue weighted by molar-refractivity contribution is -0.115. The zero-order chi connectivity index (χ0) is 21.5. The van der Waals surface area contributed by atoms with Crippen molar-refractivity contribution < 1.29 is 14.4 Å². The van der Waals surface area contributed by atoms with Crippen LogP contribution in [0, 0.1) is 13.8 Å². The summed E-state index contributed by atoms with van der Waals surface area (Å²) in [6.45, 7) is 3.67. The summed E-state index contributed by atoms with van der Waals surface area (Å²) in [5.74, 6) is -0.689. The van der Waals surface area contributed by atoms with Gasteiger partial charge in [0.2, 0.25) is 5.91 Å². The van der Waals surface area contributed by atoms with Gasteiger partial charge in [-0.2, -0.15) is 0 Å². The maximum Gasteiger partial charge on any atom is 0.324 e. The Bertz CT molecular complexity index is 1040. The van der Waals surface area contributed by atoms with E-state index in [0.29, 0.717) is 15.6 Å². The number of nitrogens with one attached hydrogen (secondary N) is 4. The summed E-state index contributed by atoms with van der Waals surface area (Å²) in [5, 5.41) is 11.3. The van der Waals surface area contributed by atoms with Gasteiger partial charge in [0.15, 0.2) is 0 Å². The van der Waals surface area contributed by atoms with Crippen LogP contribution >= 0.6 is 11.3 Å². The molecule has 30 heavy (non-hydrogen) atoms. The Morgan fingerprint density at radius 2 is 1.50 bits per heavy atom. The van der Waals surface area contributed by atoms with Crippen LogP contribution in [0.3, 0.4) is 0 Å². The number of urea groups is 1. The molecule has 0 atom stereocenters. The smallest absolute Gasteiger partial charge is 0.324 e. The first kappa shape index (κ1) is 21.1. The molecular formula is C22H22N4O3S. The molecule has 0 unspecified atom stereocenters. The summed E-state index contributed by atoms with van der Waals surface area (Å²) in [5.41, 5.74) is 3.33. The van der Waals surface area contributed by atoms with Gasteiger partial charge < -0.3 is 16.0 Å². The van der Waals surface area contributed by atoms with Crippen molar-refractivity contribution in [1.82, 2.24) is 5.32 Å². The molecule has 7 nitrogen and oxygen atoms in total. The summed E-state index contributed by atoms with van der Waals surface area (Å²) >= 11 is 1.12. The normalized spacial score (nSPS) is 10.2. The van der Waals surface area contributed by atoms with E-state index < -0.39 is 6.03 Å². The second-order valence-corrected chi connectivity index (χ2v) is 7.69. The number of benzene rings is 2. The van der Waals surface area contributed by atoms with Crippen molar-refractivity contribution in [1.29, 1.82) is 0 Å². The van der Waals surface area contributed by atoms with Gasteiger partial charge in [-0.1, -0.05) is 36.4 Å². The first-order valence-corrected chi connectivity index (χ1v) is 10.1. The van der Waals surface area contributed by atoms with Crippen LogP contribution in [-0.4, -0.2) is 24.4 Å². The zero-order valence-electron chi connectivity index (χ0n) is 16.6. The molecule has 3 rings (SSSR count). The first-order valence-electron chi connectivity index (χ1n) is 9.29. The molecule has 0 fully saturated rings. The number of thiophene rings is 1. The summed E-state index contributed by atoms with van der Waals surface area (Å²) in [7, 11) is 0. The molecule has 0 radical (unpaired) electrons. The highest BCUT2D eigenvalue weighted by Crippen LogP contribution is 2.22. The Kier molecular flexibility index (Phi) is 6.82. The van der Waals surface area contributed by atoms with E-state index in [0.717, 1.165) is 28.2 Å². The van der Waals surface area contributed by atoms with Gasteiger partial charge in [0.1, 0.15) is 0 Å². The third-order valence-corrected chi connectivity index (χ3v) is 5.25. The van der Waals surface area contributed by atoms with Gasteiger partial charge >= 0.3 is 6.03 Å². The molecule has 4 N–H and O–H groups in total. The van der Waals surface area contributed by atoms with Crippen molar-refractivity contribution in [2.45, 2.75) is 13.8 Å². The van der Waals surface area contributed by atoms with Crippen molar-refractivity contribution in [3.05, 3.63) is 76.7 Å². The summed E-state index contributed by atoms with van der Waals surface area (Å²) in [6.07, 6.45) is 0. The highest BCUT2D eigenvalue weighted by Gasteiger charge is 2.13. The highest BCUT2D eigenvalue weighted by atomic mass is 32.1. The molecule has 0 saturated heterocycles. The maximum absolute atomic E-state index is 12.3. The van der Waals surface area contributed by atoms with E-state index in [-0.39, 0.29) is 18.4 Å². The van der Waals surface area contributed by atoms with Gasteiger partial charge in [-0.15, -0.1) is 11.3 Å². The Labute approximate surface area is 178 Å². The van der Waals surface area contributed by atoms with Crippen molar-refractivity contribution >= 4 is 45.6 Å². The average Bonchev–Trinajstić information content (AvgIpc) is 3.18. The highest BCUT2D eigenvalue weighted by molar-refractivity contribution is 7.18. The molecule has 1 heterocycles. The number of aryl methyl sites for hydroxylation is 2. The molecule has 0 bridgehead atoms. The number of rotatable bonds is 6. The first-order chi connectivity index (χ1) is 14.4. The maximum atomic E-state index is 12.3. The molecule has 0 aliphatic rings. The molecule has 0 saturated carbocycles. The van der Waals surface area contributed by atoms with Gasteiger partial charge in [-0.25, -0.2) is 4.79 Å². The van der Waals surface area contributed by atoms with E-state index in [1.165, 1.54) is 0 Å². The van der Waals surface area contributed by atoms with Crippen LogP contribution < -0.4 is 21.3 Å². The van der Waals surface area contributed by atoms with Gasteiger partial charge in [-0.3, -0.25) is 14.9 Å². The monoisotopic (exact) mass is 422 g/mol. The largest absolute Gasteiger partial charge is 0.342 e. The predicted molar refractivity (Wildman–Crippen MR) is 120 cm³/mol. The van der Waals surface area contributed by atoms with Crippen LogP contribution in [0.15, 0.2) is 60.7 Å². The van der Waals surface area contributed by atoms with E-state index in [1.54, 1.807) is 24.3 Å². The van der Waals surface area contributed by atoms with Crippen molar-refractivity contribution in [2.24, 2.45) is 0 Å². The van der Waals surface area contributed by atoms with Crippen LogP contribution in [0.1, 0.15) is 20.8 Å². The fraction of sp³-hybridized carbons (Fsp3) is 0.136. The predicted octanol–water partition coefficient (Wildman–Crippen LogP) is 4.38. The number of para-hydroxylation sites is 2. The summed E-state index contributed by atoms with van der Waals surface area (Å²) in [4.78, 5) is 36.9. The molecule has 154 valence electrons. The minimum Gasteiger partial charge on any atom is -0.342 e. The van der Waals surface area contributed by atoms with Gasteiger partial charge in [0.05, 0.1) is 16.4 Å². The summed E-state index contributed by atoms with van der Waals surface area (Å²) in [6, 6.07) is 17.6. The van der Waals surface area contributed by atoms with Crippen LogP contribution in [0.4, 0.5) is 21.2 Å². The van der Waals surface area contributed by atoms with Gasteiger partial charge in [0.25, 0.3) is 5.91 Å². The fourth-order valence-corrected chi connectivity index (χ4v) is 3.58. The Balaban J connectivity index is 1.50. The lowest BCUT2D eigenvalue weighted by atomic mass is 10.1. The molecule has 3 aromatic rings. The second kappa shape index (κ2) is 9.71. The average molecular weight is 423 g/mol. The Morgan fingerprint density at radius 1 is 0.800 bits per heavy atom. The van der Waals surface area contributed by atoms with E-state index in [2.05, 4.69) is 21.3 Å². The SMILES string of the molecule is Cc1cccc(C)c1NC(=O)CNC(=O)c1ccc(NC(=O)Nc2ccccc2)s1. The Hall–Kier alpha value is -3.65. The third-order valence-electron chi connectivity index (χ3n) is 4.25. The van der Waals surface area contributed by atoms with E-state index in [9.17, 15) is 14.4 Å². The zero-order valence-corrected chi connectivity index (χ0v) is 17.4. The third kappa shape index (κ3) is 5.68. The van der Waals surface area contributed by atoms with E-state index >= 15 is 0 Å². The van der Waals surface area contributed by atoms with Crippen molar-refractivity contribution in [3.63, 3.8) is 0 Å². The lowest BCUT2D eigenvalue weighted by Gasteiger charge is -2.11. The molecule has 0 spiro atoms. The van der Waals surface area contributed by atoms with Crippen molar-refractivity contribution in [2.75, 3.05) is 22.5 Å². The van der Waals surface area contributed by atoms with Crippen molar-refractivity contribution in [3.8, 4) is 0 Å². The topological polar surface area (TPSA) is 99.3 Å². The van der Waals surface area contributed by atoms with E-state index in [4.69, 9.17) is 0 Å². The molecule has 8 heteroatoms. The number of carbonyl (C=O) groups excluding carboxylic acids is 3. The number of carbonyl (C=O) groups is 3. The number of hydrogen-bond donors (Lipinski definition) is 4. The van der Waals surface area contributed by atoms with Gasteiger partial charge in [-0.05, 0) is 49.2 Å². The Morgan fingerprint density at radius 3 is 2.20 bits per heavy atom. The fourth-order valence-electron chi connectivity index (χ4n) is 2.77. The second-order valence-electron chi connectivity index (χ2n) is 6.61. The number of anilines is 3. The van der Waals surface area contributed by atoms with Crippen LogP contribution in [0.5, 0.6) is 0 Å². The molecule has 1 aromatic heterocycles. The quantitative estimate of drug-likeness (QED) is 0.474. The minimum absolute atomic E-state index is 0.151.